The third-order valence-corrected chi connectivity index (χ3v) is 2.02. The number of hydrogen-bond acceptors (Lipinski definition) is 2. The van der Waals surface area contributed by atoms with Crippen LogP contribution in [0, 0.1) is 18.3 Å². The van der Waals surface area contributed by atoms with Crippen molar-refractivity contribution in [2.45, 2.75) is 24.6 Å². The van der Waals surface area contributed by atoms with Gasteiger partial charge in [0.1, 0.15) is 0 Å². The molecule has 0 saturated carbocycles. The van der Waals surface area contributed by atoms with E-state index in [1.165, 1.54) is 0 Å². The fourth-order valence-electron chi connectivity index (χ4n) is 1.24. The van der Waals surface area contributed by atoms with Gasteiger partial charge in [0, 0.05) is 0 Å². The highest BCUT2D eigenvalue weighted by Crippen LogP contribution is 2.46. The topological polar surface area (TPSA) is 26.3 Å². The van der Waals surface area contributed by atoms with Crippen LogP contribution < -0.4 is 0 Å². The lowest BCUT2D eigenvalue weighted by Crippen LogP contribution is -2.46. The molecule has 0 bridgehead atoms. The number of cyclic esters (lactones) is 1. The van der Waals surface area contributed by atoms with E-state index in [2.05, 4.69) is 4.74 Å². The molecule has 1 rings (SSSR count). The zero-order chi connectivity index (χ0) is 11.9. The molecular weight excluding hydrogens is 223 g/mol. The van der Waals surface area contributed by atoms with E-state index in [-0.39, 0.29) is 0 Å². The van der Waals surface area contributed by atoms with E-state index in [1.807, 2.05) is 0 Å². The van der Waals surface area contributed by atoms with Crippen LogP contribution in [-0.4, -0.2) is 24.2 Å². The Balaban J connectivity index is 2.98. The molecule has 1 aliphatic rings. The van der Waals surface area contributed by atoms with E-state index >= 15 is 0 Å². The first-order chi connectivity index (χ1) is 6.70. The molecule has 0 aromatic rings. The number of ether oxygens (including phenoxy) is 1. The number of hydrogen-bond donors (Lipinski definition) is 0. The summed E-state index contributed by atoms with van der Waals surface area (Å²) in [6, 6.07) is 0. The number of terminal acetylenes is 1. The van der Waals surface area contributed by atoms with Crippen LogP contribution in [0.5, 0.6) is 0 Å². The summed E-state index contributed by atoms with van der Waals surface area (Å²) >= 11 is 0. The van der Waals surface area contributed by atoms with Gasteiger partial charge in [0.25, 0.3) is 0 Å². The van der Waals surface area contributed by atoms with Crippen LogP contribution in [-0.2, 0) is 9.53 Å². The lowest BCUT2D eigenvalue weighted by atomic mass is 9.93. The highest BCUT2D eigenvalue weighted by molar-refractivity contribution is 5.73. The molecule has 1 heterocycles. The number of esters is 1. The molecule has 0 aliphatic carbocycles. The highest BCUT2D eigenvalue weighted by Gasteiger charge is 2.66. The minimum atomic E-state index is -5.74. The number of carbonyl (C=O) groups is 1. The molecule has 7 heteroatoms. The minimum Gasteiger partial charge on any atom is -0.449 e. The summed E-state index contributed by atoms with van der Waals surface area (Å²) in [4.78, 5) is 10.6. The second-order valence-electron chi connectivity index (χ2n) is 3.01. The van der Waals surface area contributed by atoms with Crippen LogP contribution in [0.25, 0.3) is 0 Å². The molecule has 84 valence electrons. The van der Waals surface area contributed by atoms with Crippen molar-refractivity contribution >= 4 is 5.97 Å². The van der Waals surface area contributed by atoms with Gasteiger partial charge in [-0.05, 0) is 0 Å². The van der Waals surface area contributed by atoms with Crippen LogP contribution in [0.3, 0.4) is 0 Å². The van der Waals surface area contributed by atoms with E-state index in [0.29, 0.717) is 0 Å². The molecule has 0 N–H and O–H groups in total. The van der Waals surface area contributed by atoms with E-state index in [9.17, 15) is 26.7 Å². The Labute approximate surface area is 81.4 Å². The van der Waals surface area contributed by atoms with Crippen molar-refractivity contribution in [2.24, 2.45) is 5.92 Å². The first-order valence-electron chi connectivity index (χ1n) is 3.80. The van der Waals surface area contributed by atoms with Crippen molar-refractivity contribution in [3.63, 3.8) is 0 Å². The summed E-state index contributed by atoms with van der Waals surface area (Å²) in [6.07, 6.45) is -3.89. The maximum absolute atomic E-state index is 12.8. The van der Waals surface area contributed by atoms with Crippen LogP contribution in [0.15, 0.2) is 0 Å². The number of carbonyl (C=O) groups excluding carboxylic acids is 1. The second kappa shape index (κ2) is 3.36. The zero-order valence-electron chi connectivity index (χ0n) is 7.15. The predicted molar refractivity (Wildman–Crippen MR) is 37.8 cm³/mol. The first-order valence-corrected chi connectivity index (χ1v) is 3.80. The van der Waals surface area contributed by atoms with Gasteiger partial charge in [-0.1, -0.05) is 5.92 Å². The minimum absolute atomic E-state index is 1.03. The lowest BCUT2D eigenvalue weighted by Gasteiger charge is -2.25. The van der Waals surface area contributed by atoms with Crippen molar-refractivity contribution in [3.05, 3.63) is 0 Å². The number of rotatable bonds is 1. The lowest BCUT2D eigenvalue weighted by molar-refractivity contribution is -0.304. The second-order valence-corrected chi connectivity index (χ2v) is 3.01. The van der Waals surface area contributed by atoms with Gasteiger partial charge in [0.05, 0.1) is 12.3 Å². The van der Waals surface area contributed by atoms with Gasteiger partial charge in [-0.2, -0.15) is 22.0 Å². The molecule has 0 amide bonds. The monoisotopic (exact) mass is 228 g/mol. The van der Waals surface area contributed by atoms with E-state index < -0.39 is 36.5 Å². The SMILES string of the molecule is C#CC1OC(=O)CC1C(F)(F)C(F)(F)F. The summed E-state index contributed by atoms with van der Waals surface area (Å²) in [6.45, 7) is 0. The Morgan fingerprint density at radius 1 is 1.33 bits per heavy atom. The molecule has 15 heavy (non-hydrogen) atoms. The van der Waals surface area contributed by atoms with Gasteiger partial charge in [-0.25, -0.2) is 0 Å². The van der Waals surface area contributed by atoms with E-state index in [0.717, 1.165) is 0 Å². The van der Waals surface area contributed by atoms with Gasteiger partial charge in [-0.15, -0.1) is 6.42 Å². The molecule has 0 spiro atoms. The normalized spacial score (nSPS) is 27.3. The van der Waals surface area contributed by atoms with Gasteiger partial charge in [0.2, 0.25) is 0 Å². The van der Waals surface area contributed by atoms with Gasteiger partial charge in [0.15, 0.2) is 6.10 Å². The smallest absolute Gasteiger partial charge is 0.449 e. The van der Waals surface area contributed by atoms with Gasteiger partial charge in [-0.3, -0.25) is 4.79 Å². The third kappa shape index (κ3) is 1.89. The Morgan fingerprint density at radius 3 is 2.27 bits per heavy atom. The predicted octanol–water partition coefficient (Wildman–Crippen LogP) is 1.75. The van der Waals surface area contributed by atoms with E-state index in [4.69, 9.17) is 6.42 Å². The molecule has 2 nitrogen and oxygen atoms in total. The third-order valence-electron chi connectivity index (χ3n) is 2.02. The number of halogens is 5. The average molecular weight is 228 g/mol. The Morgan fingerprint density at radius 2 is 1.87 bits per heavy atom. The first kappa shape index (κ1) is 11.8. The fraction of sp³-hybridized carbons (Fsp3) is 0.625. The van der Waals surface area contributed by atoms with Crippen molar-refractivity contribution in [3.8, 4) is 12.3 Å². The molecule has 1 fully saturated rings. The molecule has 1 saturated heterocycles. The molecule has 2 atom stereocenters. The molecular formula is C8H5F5O2. The summed E-state index contributed by atoms with van der Waals surface area (Å²) in [5, 5.41) is 0. The van der Waals surface area contributed by atoms with E-state index in [1.54, 1.807) is 5.92 Å². The molecule has 0 aromatic carbocycles. The summed E-state index contributed by atoms with van der Waals surface area (Å²) in [5.41, 5.74) is 0. The quantitative estimate of drug-likeness (QED) is 0.388. The van der Waals surface area contributed by atoms with Crippen LogP contribution in [0.4, 0.5) is 22.0 Å². The molecule has 1 aliphatic heterocycles. The Kier molecular flexibility index (Phi) is 2.63. The zero-order valence-corrected chi connectivity index (χ0v) is 7.15. The molecule has 0 aromatic heterocycles. The summed E-state index contributed by atoms with van der Waals surface area (Å²) < 4.78 is 65.5. The highest BCUT2D eigenvalue weighted by atomic mass is 19.4. The standard InChI is InChI=1S/C8H5F5O2/c1-2-5-4(3-6(14)15-5)7(9,10)8(11,12)13/h1,4-5H,3H2. The fourth-order valence-corrected chi connectivity index (χ4v) is 1.24. The van der Waals surface area contributed by atoms with Crippen molar-refractivity contribution in [1.82, 2.24) is 0 Å². The number of alkyl halides is 5. The average Bonchev–Trinajstić information content (AvgIpc) is 2.45. The molecule has 2 unspecified atom stereocenters. The summed E-state index contributed by atoms with van der Waals surface area (Å²) in [7, 11) is 0. The maximum atomic E-state index is 12.8. The summed E-state index contributed by atoms with van der Waals surface area (Å²) in [5.74, 6) is -6.90. The van der Waals surface area contributed by atoms with Crippen molar-refractivity contribution < 1.29 is 31.5 Å². The van der Waals surface area contributed by atoms with Crippen molar-refractivity contribution in [2.75, 3.05) is 0 Å². The van der Waals surface area contributed by atoms with Gasteiger partial charge >= 0.3 is 18.1 Å². The van der Waals surface area contributed by atoms with Gasteiger partial charge < -0.3 is 4.74 Å². The largest absolute Gasteiger partial charge is 0.453 e. The molecule has 0 radical (unpaired) electrons. The van der Waals surface area contributed by atoms with Crippen LogP contribution in [0.1, 0.15) is 6.42 Å². The van der Waals surface area contributed by atoms with Crippen molar-refractivity contribution in [1.29, 1.82) is 0 Å². The maximum Gasteiger partial charge on any atom is 0.453 e. The Hall–Kier alpha value is -1.32. The van der Waals surface area contributed by atoms with Crippen LogP contribution in [0.2, 0.25) is 0 Å². The van der Waals surface area contributed by atoms with Crippen LogP contribution >= 0.6 is 0 Å². The Bertz CT molecular complexity index is 314.